The molecule has 2 aromatic carbocycles. The van der Waals surface area contributed by atoms with Crippen molar-refractivity contribution in [1.29, 1.82) is 0 Å². The van der Waals surface area contributed by atoms with Crippen LogP contribution in [0.15, 0.2) is 53.0 Å². The van der Waals surface area contributed by atoms with Crippen molar-refractivity contribution in [2.45, 2.75) is 0 Å². The van der Waals surface area contributed by atoms with Crippen molar-refractivity contribution in [2.24, 2.45) is 0 Å². The van der Waals surface area contributed by atoms with Crippen LogP contribution in [0.5, 0.6) is 5.75 Å². The highest BCUT2D eigenvalue weighted by Crippen LogP contribution is 2.30. The average molecular weight is 422 g/mol. The molecule has 25 heavy (non-hydrogen) atoms. The Hall–Kier alpha value is -1.49. The lowest BCUT2D eigenvalue weighted by atomic mass is 10.2. The second kappa shape index (κ2) is 8.75. The number of hydrogen-bond donors (Lipinski definition) is 0. The van der Waals surface area contributed by atoms with Gasteiger partial charge in [-0.25, -0.2) is 0 Å². The van der Waals surface area contributed by atoms with Crippen LogP contribution in [0.25, 0.3) is 6.08 Å². The van der Waals surface area contributed by atoms with Gasteiger partial charge in [0.1, 0.15) is 5.75 Å². The van der Waals surface area contributed by atoms with Crippen LogP contribution in [-0.2, 0) is 0 Å². The minimum Gasteiger partial charge on any atom is -0.495 e. The molecular weight excluding hydrogens is 400 g/mol. The molecule has 1 fully saturated rings. The lowest BCUT2D eigenvalue weighted by molar-refractivity contribution is 0.284. The Labute approximate surface area is 163 Å². The van der Waals surface area contributed by atoms with Gasteiger partial charge in [-0.1, -0.05) is 35.9 Å². The lowest BCUT2D eigenvalue weighted by Gasteiger charge is -2.35. The molecule has 0 atom stereocenters. The quantitative estimate of drug-likeness (QED) is 0.679. The molecule has 0 aliphatic carbocycles. The summed E-state index contributed by atoms with van der Waals surface area (Å²) in [5, 5.41) is 0.778. The summed E-state index contributed by atoms with van der Waals surface area (Å²) in [7, 11) is 1.70. The highest BCUT2D eigenvalue weighted by Gasteiger charge is 2.17. The highest BCUT2D eigenvalue weighted by atomic mass is 79.9. The zero-order chi connectivity index (χ0) is 17.6. The van der Waals surface area contributed by atoms with E-state index in [0.717, 1.165) is 53.5 Å². The number of rotatable bonds is 5. The van der Waals surface area contributed by atoms with Crippen LogP contribution in [0.2, 0.25) is 5.02 Å². The maximum atomic E-state index is 6.02. The third-order valence-electron chi connectivity index (χ3n) is 4.39. The summed E-state index contributed by atoms with van der Waals surface area (Å²) in [6.45, 7) is 5.12. The van der Waals surface area contributed by atoms with Crippen molar-refractivity contribution in [3.05, 3.63) is 63.6 Å². The fourth-order valence-electron chi connectivity index (χ4n) is 2.98. The van der Waals surface area contributed by atoms with Crippen molar-refractivity contribution < 1.29 is 4.74 Å². The fraction of sp³-hybridized carbons (Fsp3) is 0.300. The summed E-state index contributed by atoms with van der Waals surface area (Å²) in [6, 6.07) is 14.2. The Kier molecular flexibility index (Phi) is 6.40. The Morgan fingerprint density at radius 2 is 1.92 bits per heavy atom. The molecule has 0 amide bonds. The Balaban J connectivity index is 1.52. The molecule has 2 aromatic rings. The topological polar surface area (TPSA) is 15.7 Å². The predicted octanol–water partition coefficient (Wildman–Crippen LogP) is 4.95. The van der Waals surface area contributed by atoms with Crippen LogP contribution < -0.4 is 9.64 Å². The van der Waals surface area contributed by atoms with Gasteiger partial charge in [0, 0.05) is 49.5 Å². The SMILES string of the molecule is COc1cc(N2CCN(C/C=C/c3cccc(Cl)c3)CC2)ccc1Br. The maximum Gasteiger partial charge on any atom is 0.135 e. The van der Waals surface area contributed by atoms with Crippen molar-refractivity contribution in [2.75, 3.05) is 44.7 Å². The van der Waals surface area contributed by atoms with Crippen LogP contribution >= 0.6 is 27.5 Å². The first-order valence-corrected chi connectivity index (χ1v) is 9.56. The Morgan fingerprint density at radius 1 is 1.12 bits per heavy atom. The number of anilines is 1. The molecule has 0 saturated carbocycles. The summed E-state index contributed by atoms with van der Waals surface area (Å²) in [6.07, 6.45) is 4.35. The molecule has 5 heteroatoms. The monoisotopic (exact) mass is 420 g/mol. The number of halogens is 2. The van der Waals surface area contributed by atoms with Gasteiger partial charge in [-0.05, 0) is 45.8 Å². The second-order valence-electron chi connectivity index (χ2n) is 6.06. The van der Waals surface area contributed by atoms with Crippen molar-refractivity contribution in [1.82, 2.24) is 4.90 Å². The largest absolute Gasteiger partial charge is 0.495 e. The van der Waals surface area contributed by atoms with E-state index in [1.807, 2.05) is 24.3 Å². The molecule has 1 aliphatic rings. The van der Waals surface area contributed by atoms with E-state index >= 15 is 0 Å². The molecule has 0 N–H and O–H groups in total. The van der Waals surface area contributed by atoms with Crippen molar-refractivity contribution >= 4 is 39.3 Å². The summed E-state index contributed by atoms with van der Waals surface area (Å²) in [5.74, 6) is 0.879. The molecule has 0 unspecified atom stereocenters. The van der Waals surface area contributed by atoms with Gasteiger partial charge in [-0.3, -0.25) is 4.90 Å². The van der Waals surface area contributed by atoms with E-state index in [4.69, 9.17) is 16.3 Å². The molecule has 0 radical (unpaired) electrons. The summed E-state index contributed by atoms with van der Waals surface area (Å²) in [4.78, 5) is 4.87. The maximum absolute atomic E-state index is 6.02. The molecule has 1 heterocycles. The zero-order valence-corrected chi connectivity index (χ0v) is 16.6. The number of ether oxygens (including phenoxy) is 1. The third kappa shape index (κ3) is 5.00. The molecule has 0 spiro atoms. The zero-order valence-electron chi connectivity index (χ0n) is 14.3. The first kappa shape index (κ1) is 18.3. The standard InChI is InChI=1S/C20H22BrClN2O/c1-25-20-15-18(7-8-19(20)21)24-12-10-23(11-13-24)9-3-5-16-4-2-6-17(22)14-16/h2-8,14-15H,9-13H2,1H3/b5-3+. The third-order valence-corrected chi connectivity index (χ3v) is 5.28. The van der Waals surface area contributed by atoms with Gasteiger partial charge < -0.3 is 9.64 Å². The van der Waals surface area contributed by atoms with Crippen LogP contribution in [-0.4, -0.2) is 44.7 Å². The van der Waals surface area contributed by atoms with Gasteiger partial charge in [0.15, 0.2) is 0 Å². The van der Waals surface area contributed by atoms with Gasteiger partial charge in [0.25, 0.3) is 0 Å². The normalized spacial score (nSPS) is 15.7. The van der Waals surface area contributed by atoms with Crippen LogP contribution in [0.4, 0.5) is 5.69 Å². The molecule has 1 saturated heterocycles. The van der Waals surface area contributed by atoms with Gasteiger partial charge in [-0.15, -0.1) is 0 Å². The molecule has 3 nitrogen and oxygen atoms in total. The number of hydrogen-bond acceptors (Lipinski definition) is 3. The summed E-state index contributed by atoms with van der Waals surface area (Å²) in [5.41, 5.74) is 2.36. The molecular formula is C20H22BrClN2O. The van der Waals surface area contributed by atoms with Gasteiger partial charge in [0.05, 0.1) is 11.6 Å². The van der Waals surface area contributed by atoms with E-state index in [-0.39, 0.29) is 0 Å². The van der Waals surface area contributed by atoms with E-state index in [9.17, 15) is 0 Å². The molecule has 1 aliphatic heterocycles. The van der Waals surface area contributed by atoms with E-state index < -0.39 is 0 Å². The molecule has 3 rings (SSSR count). The lowest BCUT2D eigenvalue weighted by Crippen LogP contribution is -2.46. The molecule has 132 valence electrons. The second-order valence-corrected chi connectivity index (χ2v) is 7.35. The highest BCUT2D eigenvalue weighted by molar-refractivity contribution is 9.10. The van der Waals surface area contributed by atoms with E-state index in [2.05, 4.69) is 56.1 Å². The van der Waals surface area contributed by atoms with Crippen LogP contribution in [0.1, 0.15) is 5.56 Å². The van der Waals surface area contributed by atoms with Gasteiger partial charge in [0.2, 0.25) is 0 Å². The number of methoxy groups -OCH3 is 1. The molecule has 0 bridgehead atoms. The Bertz CT molecular complexity index is 742. The number of nitrogens with zero attached hydrogens (tertiary/aromatic N) is 2. The van der Waals surface area contributed by atoms with E-state index in [1.54, 1.807) is 7.11 Å². The fourth-order valence-corrected chi connectivity index (χ4v) is 3.59. The molecule has 0 aromatic heterocycles. The van der Waals surface area contributed by atoms with Gasteiger partial charge >= 0.3 is 0 Å². The van der Waals surface area contributed by atoms with Gasteiger partial charge in [-0.2, -0.15) is 0 Å². The average Bonchev–Trinajstić information content (AvgIpc) is 2.63. The first-order valence-electron chi connectivity index (χ1n) is 8.38. The predicted molar refractivity (Wildman–Crippen MR) is 110 cm³/mol. The number of benzene rings is 2. The van der Waals surface area contributed by atoms with Crippen LogP contribution in [0.3, 0.4) is 0 Å². The first-order chi connectivity index (χ1) is 12.2. The minimum atomic E-state index is 0.778. The van der Waals surface area contributed by atoms with Crippen molar-refractivity contribution in [3.8, 4) is 5.75 Å². The number of piperazine rings is 1. The Morgan fingerprint density at radius 3 is 2.64 bits per heavy atom. The van der Waals surface area contributed by atoms with E-state index in [0.29, 0.717) is 0 Å². The summed E-state index contributed by atoms with van der Waals surface area (Å²) < 4.78 is 6.39. The van der Waals surface area contributed by atoms with E-state index in [1.165, 1.54) is 5.69 Å². The smallest absolute Gasteiger partial charge is 0.135 e. The minimum absolute atomic E-state index is 0.778. The summed E-state index contributed by atoms with van der Waals surface area (Å²) >= 11 is 9.53. The van der Waals surface area contributed by atoms with Crippen LogP contribution in [0, 0.1) is 0 Å². The van der Waals surface area contributed by atoms with Crippen molar-refractivity contribution in [3.63, 3.8) is 0 Å².